The predicted octanol–water partition coefficient (Wildman–Crippen LogP) is 0.355. The zero-order chi connectivity index (χ0) is 17.9. The number of aromatic nitrogens is 1. The Hall–Kier alpha value is -1.51. The molecule has 1 aromatic heterocycles. The Kier molecular flexibility index (Phi) is 5.95. The van der Waals surface area contributed by atoms with Gasteiger partial charge in [-0.15, -0.1) is 11.3 Å². The minimum Gasteiger partial charge on any atom is -0.391 e. The van der Waals surface area contributed by atoms with Gasteiger partial charge in [0, 0.05) is 24.0 Å². The first-order valence-corrected chi connectivity index (χ1v) is 8.93. The van der Waals surface area contributed by atoms with Crippen molar-refractivity contribution in [3.8, 4) is 0 Å². The molecule has 24 heavy (non-hydrogen) atoms. The zero-order valence-electron chi connectivity index (χ0n) is 14.6. The summed E-state index contributed by atoms with van der Waals surface area (Å²) < 4.78 is 0. The molecular weight excluding hydrogens is 328 g/mol. The van der Waals surface area contributed by atoms with E-state index in [2.05, 4.69) is 15.6 Å². The molecule has 1 fully saturated rings. The van der Waals surface area contributed by atoms with E-state index in [0.29, 0.717) is 6.54 Å². The lowest BCUT2D eigenvalue weighted by Crippen LogP contribution is -2.55. The van der Waals surface area contributed by atoms with Crippen molar-refractivity contribution in [2.75, 3.05) is 13.6 Å². The highest BCUT2D eigenvalue weighted by Gasteiger charge is 2.43. The number of carbonyl (C=O) groups excluding carboxylic acids is 2. The highest BCUT2D eigenvalue weighted by Crippen LogP contribution is 2.25. The van der Waals surface area contributed by atoms with Crippen LogP contribution in [0.4, 0.5) is 0 Å². The number of aliphatic hydroxyl groups is 1. The van der Waals surface area contributed by atoms with E-state index in [9.17, 15) is 14.7 Å². The van der Waals surface area contributed by atoms with Crippen molar-refractivity contribution in [2.45, 2.75) is 51.9 Å². The molecule has 2 heterocycles. The second kappa shape index (κ2) is 7.58. The average molecular weight is 354 g/mol. The Morgan fingerprint density at radius 1 is 1.50 bits per heavy atom. The number of likely N-dealkylation sites (tertiary alicyclic amines) is 1. The van der Waals surface area contributed by atoms with E-state index in [1.807, 2.05) is 20.8 Å². The van der Waals surface area contributed by atoms with Crippen LogP contribution in [0.5, 0.6) is 0 Å². The Morgan fingerprint density at radius 3 is 2.75 bits per heavy atom. The molecule has 1 aliphatic heterocycles. The Morgan fingerprint density at radius 2 is 2.21 bits per heavy atom. The molecule has 1 aromatic rings. The molecule has 8 heteroatoms. The van der Waals surface area contributed by atoms with Gasteiger partial charge in [-0.2, -0.15) is 0 Å². The van der Waals surface area contributed by atoms with Crippen molar-refractivity contribution in [2.24, 2.45) is 5.41 Å². The van der Waals surface area contributed by atoms with Crippen LogP contribution in [0.25, 0.3) is 0 Å². The fourth-order valence-corrected chi connectivity index (χ4v) is 3.55. The van der Waals surface area contributed by atoms with E-state index in [-0.39, 0.29) is 30.2 Å². The SMILES string of the molecule is CN[C@H](C(=O)N1C[C@H](O)C[C@H]1C(=O)NCc1cncs1)C(C)(C)C. The number of carbonyl (C=O) groups is 2. The number of likely N-dealkylation sites (N-methyl/N-ethyl adjacent to an activating group) is 1. The van der Waals surface area contributed by atoms with Crippen LogP contribution in [-0.2, 0) is 16.1 Å². The van der Waals surface area contributed by atoms with Gasteiger partial charge in [-0.3, -0.25) is 14.6 Å². The van der Waals surface area contributed by atoms with Crippen LogP contribution < -0.4 is 10.6 Å². The molecule has 0 aliphatic carbocycles. The monoisotopic (exact) mass is 354 g/mol. The predicted molar refractivity (Wildman–Crippen MR) is 92.4 cm³/mol. The van der Waals surface area contributed by atoms with Crippen LogP contribution in [0.1, 0.15) is 32.1 Å². The topological polar surface area (TPSA) is 94.6 Å². The summed E-state index contributed by atoms with van der Waals surface area (Å²) >= 11 is 1.46. The molecule has 7 nitrogen and oxygen atoms in total. The first kappa shape index (κ1) is 18.8. The molecule has 2 amide bonds. The molecule has 3 N–H and O–H groups in total. The summed E-state index contributed by atoms with van der Waals surface area (Å²) in [6, 6.07) is -1.06. The minimum absolute atomic E-state index is 0.153. The second-order valence-electron chi connectivity index (χ2n) is 7.17. The third kappa shape index (κ3) is 4.31. The number of aliphatic hydroxyl groups excluding tert-OH is 1. The fraction of sp³-hybridized carbons (Fsp3) is 0.688. The van der Waals surface area contributed by atoms with Gasteiger partial charge in [0.2, 0.25) is 11.8 Å². The Bertz CT molecular complexity index is 570. The van der Waals surface area contributed by atoms with Gasteiger partial charge in [-0.05, 0) is 12.5 Å². The molecule has 2 rings (SSSR count). The van der Waals surface area contributed by atoms with Crippen molar-refractivity contribution in [1.29, 1.82) is 0 Å². The third-order valence-electron chi connectivity index (χ3n) is 4.19. The number of hydrogen-bond donors (Lipinski definition) is 3. The van der Waals surface area contributed by atoms with Crippen LogP contribution in [-0.4, -0.2) is 58.6 Å². The van der Waals surface area contributed by atoms with Gasteiger partial charge in [-0.1, -0.05) is 20.8 Å². The molecule has 0 radical (unpaired) electrons. The molecule has 1 aliphatic rings. The number of β-amino-alcohol motifs (C(OH)–C–C–N with tert-alkyl or cyclic N) is 1. The molecule has 0 saturated carbocycles. The normalized spacial score (nSPS) is 22.5. The third-order valence-corrected chi connectivity index (χ3v) is 4.97. The minimum atomic E-state index is -0.675. The van der Waals surface area contributed by atoms with Crippen molar-refractivity contribution in [3.63, 3.8) is 0 Å². The summed E-state index contributed by atoms with van der Waals surface area (Å²) in [6.07, 6.45) is 1.29. The summed E-state index contributed by atoms with van der Waals surface area (Å²) in [5.74, 6) is -0.392. The lowest BCUT2D eigenvalue weighted by Gasteiger charge is -2.34. The summed E-state index contributed by atoms with van der Waals surface area (Å²) in [4.78, 5) is 31.8. The van der Waals surface area contributed by atoms with E-state index in [4.69, 9.17) is 0 Å². The molecular formula is C16H26N4O3S. The van der Waals surface area contributed by atoms with Gasteiger partial charge >= 0.3 is 0 Å². The van der Waals surface area contributed by atoms with Crippen LogP contribution in [0.15, 0.2) is 11.7 Å². The zero-order valence-corrected chi connectivity index (χ0v) is 15.4. The number of thiazole rings is 1. The van der Waals surface area contributed by atoms with Crippen molar-refractivity contribution >= 4 is 23.2 Å². The van der Waals surface area contributed by atoms with E-state index in [0.717, 1.165) is 4.88 Å². The summed E-state index contributed by atoms with van der Waals surface area (Å²) in [5, 5.41) is 15.8. The van der Waals surface area contributed by atoms with Crippen molar-refractivity contribution in [3.05, 3.63) is 16.6 Å². The van der Waals surface area contributed by atoms with Gasteiger partial charge in [0.15, 0.2) is 0 Å². The van der Waals surface area contributed by atoms with Crippen LogP contribution in [0.3, 0.4) is 0 Å². The molecule has 134 valence electrons. The molecule has 0 bridgehead atoms. The Balaban J connectivity index is 2.07. The van der Waals surface area contributed by atoms with Crippen molar-refractivity contribution < 1.29 is 14.7 Å². The summed E-state index contributed by atoms with van der Waals surface area (Å²) in [6.45, 7) is 6.48. The number of nitrogens with zero attached hydrogens (tertiary/aromatic N) is 2. The molecule has 3 atom stereocenters. The maximum Gasteiger partial charge on any atom is 0.243 e. The molecule has 0 unspecified atom stereocenters. The van der Waals surface area contributed by atoms with Gasteiger partial charge in [-0.25, -0.2) is 0 Å². The van der Waals surface area contributed by atoms with Gasteiger partial charge in [0.05, 0.1) is 24.2 Å². The number of amides is 2. The first-order valence-electron chi connectivity index (χ1n) is 8.05. The standard InChI is InChI=1S/C16H26N4O3S/c1-16(2,3)13(17-4)15(23)20-8-10(21)5-12(20)14(22)19-7-11-6-18-9-24-11/h6,9-10,12-13,17,21H,5,7-8H2,1-4H3,(H,19,22)/t10-,12+,13-/m1/s1. The quantitative estimate of drug-likeness (QED) is 0.710. The highest BCUT2D eigenvalue weighted by atomic mass is 32.1. The Labute approximate surface area is 146 Å². The highest BCUT2D eigenvalue weighted by molar-refractivity contribution is 7.09. The second-order valence-corrected chi connectivity index (χ2v) is 8.14. The van der Waals surface area contributed by atoms with E-state index in [1.54, 1.807) is 18.8 Å². The number of hydrogen-bond acceptors (Lipinski definition) is 6. The number of rotatable bonds is 5. The lowest BCUT2D eigenvalue weighted by molar-refractivity contribution is -0.142. The fourth-order valence-electron chi connectivity index (χ4n) is 3.02. The van der Waals surface area contributed by atoms with Crippen LogP contribution in [0, 0.1) is 5.41 Å². The maximum absolute atomic E-state index is 12.9. The van der Waals surface area contributed by atoms with Crippen LogP contribution >= 0.6 is 11.3 Å². The van der Waals surface area contributed by atoms with Crippen molar-refractivity contribution in [1.82, 2.24) is 20.5 Å². The maximum atomic E-state index is 12.9. The smallest absolute Gasteiger partial charge is 0.243 e. The lowest BCUT2D eigenvalue weighted by atomic mass is 9.86. The van der Waals surface area contributed by atoms with Gasteiger partial charge < -0.3 is 20.6 Å². The summed E-state index contributed by atoms with van der Waals surface area (Å²) in [5.41, 5.74) is 1.42. The summed E-state index contributed by atoms with van der Waals surface area (Å²) in [7, 11) is 1.74. The number of nitrogens with one attached hydrogen (secondary N) is 2. The first-order chi connectivity index (χ1) is 11.2. The van der Waals surface area contributed by atoms with Crippen LogP contribution in [0.2, 0.25) is 0 Å². The van der Waals surface area contributed by atoms with E-state index in [1.165, 1.54) is 16.2 Å². The molecule has 1 saturated heterocycles. The van der Waals surface area contributed by atoms with Gasteiger partial charge in [0.25, 0.3) is 0 Å². The van der Waals surface area contributed by atoms with E-state index >= 15 is 0 Å². The van der Waals surface area contributed by atoms with E-state index < -0.39 is 18.2 Å². The average Bonchev–Trinajstić information content (AvgIpc) is 3.13. The largest absolute Gasteiger partial charge is 0.391 e. The van der Waals surface area contributed by atoms with Gasteiger partial charge in [0.1, 0.15) is 6.04 Å². The molecule has 0 spiro atoms. The molecule has 0 aromatic carbocycles.